The fourth-order valence-electron chi connectivity index (χ4n) is 3.38. The normalized spacial score (nSPS) is 15.9. The molecule has 1 atom stereocenters. The van der Waals surface area contributed by atoms with Crippen LogP contribution in [0.1, 0.15) is 28.2 Å². The summed E-state index contributed by atoms with van der Waals surface area (Å²) in [5.41, 5.74) is 4.49. The summed E-state index contributed by atoms with van der Waals surface area (Å²) in [6.45, 7) is 0. The Bertz CT molecular complexity index is 1200. The van der Waals surface area contributed by atoms with Crippen LogP contribution in [0.5, 0.6) is 11.6 Å². The summed E-state index contributed by atoms with van der Waals surface area (Å²) in [6.07, 6.45) is -9.20. The highest BCUT2D eigenvalue weighted by atomic mass is 19.4. The second-order valence-corrected chi connectivity index (χ2v) is 6.61. The number of nitrogens with zero attached hydrogens (tertiary/aromatic N) is 2. The van der Waals surface area contributed by atoms with Crippen molar-refractivity contribution in [1.82, 2.24) is 9.55 Å². The molecular formula is C19H12F6N4O. The van der Waals surface area contributed by atoms with Crippen LogP contribution in [0.3, 0.4) is 0 Å². The topological polar surface area (TPSA) is 76.9 Å². The van der Waals surface area contributed by atoms with Crippen molar-refractivity contribution in [3.63, 3.8) is 0 Å². The number of ether oxygens (including phenoxy) is 1. The van der Waals surface area contributed by atoms with Crippen molar-refractivity contribution in [3.05, 3.63) is 76.5 Å². The van der Waals surface area contributed by atoms with E-state index in [2.05, 4.69) is 4.98 Å². The molecule has 1 unspecified atom stereocenters. The Morgan fingerprint density at radius 3 is 2.40 bits per heavy atom. The maximum Gasteiger partial charge on any atom is 0.491 e. The van der Waals surface area contributed by atoms with Gasteiger partial charge in [0.05, 0.1) is 11.1 Å². The lowest BCUT2D eigenvalue weighted by Gasteiger charge is -2.29. The molecule has 2 heterocycles. The molecule has 0 amide bonds. The van der Waals surface area contributed by atoms with Crippen LogP contribution in [0, 0.1) is 5.41 Å². The van der Waals surface area contributed by atoms with Gasteiger partial charge in [-0.1, -0.05) is 18.2 Å². The number of halogens is 6. The van der Waals surface area contributed by atoms with E-state index >= 15 is 0 Å². The summed E-state index contributed by atoms with van der Waals surface area (Å²) in [4.78, 5) is 3.62. The van der Waals surface area contributed by atoms with Gasteiger partial charge < -0.3 is 10.5 Å². The highest BCUT2D eigenvalue weighted by molar-refractivity contribution is 5.58. The zero-order chi connectivity index (χ0) is 21.8. The van der Waals surface area contributed by atoms with E-state index in [0.717, 1.165) is 18.2 Å². The molecule has 156 valence electrons. The summed E-state index contributed by atoms with van der Waals surface area (Å²) >= 11 is 0. The number of hydrogen-bond acceptors (Lipinski definition) is 4. The van der Waals surface area contributed by atoms with Gasteiger partial charge in [0.1, 0.15) is 17.6 Å². The number of anilines is 1. The highest BCUT2D eigenvalue weighted by Crippen LogP contribution is 2.47. The summed E-state index contributed by atoms with van der Waals surface area (Å²) in [6, 6.07) is 8.84. The van der Waals surface area contributed by atoms with E-state index < -0.39 is 29.4 Å². The van der Waals surface area contributed by atoms with Crippen molar-refractivity contribution < 1.29 is 31.1 Å². The fraction of sp³-hybridized carbons (Fsp3) is 0.158. The van der Waals surface area contributed by atoms with Gasteiger partial charge in [-0.3, -0.25) is 5.41 Å². The molecule has 0 aliphatic carbocycles. The minimum absolute atomic E-state index is 0.163. The number of fused-ring (bicyclic) bond motifs is 2. The van der Waals surface area contributed by atoms with Crippen LogP contribution in [-0.4, -0.2) is 9.55 Å². The second kappa shape index (κ2) is 6.51. The molecule has 0 saturated carbocycles. The van der Waals surface area contributed by atoms with E-state index in [1.54, 1.807) is 18.2 Å². The van der Waals surface area contributed by atoms with Gasteiger partial charge in [-0.15, -0.1) is 13.2 Å². The van der Waals surface area contributed by atoms with Crippen LogP contribution in [0.25, 0.3) is 0 Å². The Balaban J connectivity index is 2.01. The Morgan fingerprint density at radius 1 is 1.03 bits per heavy atom. The average Bonchev–Trinajstić information content (AvgIpc) is 2.64. The molecule has 0 bridgehead atoms. The lowest BCUT2D eigenvalue weighted by Crippen LogP contribution is -2.36. The number of nitrogen functional groups attached to an aromatic ring is 1. The number of aromatic nitrogens is 2. The minimum Gasteiger partial charge on any atom is -0.438 e. The lowest BCUT2D eigenvalue weighted by atomic mass is 9.83. The summed E-state index contributed by atoms with van der Waals surface area (Å²) in [5.74, 6) is -1.62. The van der Waals surface area contributed by atoms with Crippen LogP contribution in [0.2, 0.25) is 0 Å². The second-order valence-electron chi connectivity index (χ2n) is 6.61. The first-order valence-electron chi connectivity index (χ1n) is 8.44. The summed E-state index contributed by atoms with van der Waals surface area (Å²) in [5, 5.41) is 8.11. The van der Waals surface area contributed by atoms with Gasteiger partial charge in [-0.25, -0.2) is 9.55 Å². The van der Waals surface area contributed by atoms with Gasteiger partial charge in [-0.05, 0) is 29.8 Å². The Labute approximate surface area is 164 Å². The van der Waals surface area contributed by atoms with Crippen LogP contribution in [0.15, 0.2) is 48.8 Å². The van der Waals surface area contributed by atoms with Gasteiger partial charge in [0.2, 0.25) is 5.88 Å². The summed E-state index contributed by atoms with van der Waals surface area (Å²) in [7, 11) is 0. The van der Waals surface area contributed by atoms with Crippen molar-refractivity contribution in [1.29, 1.82) is 5.41 Å². The molecule has 0 spiro atoms. The third kappa shape index (κ3) is 3.25. The molecule has 5 nitrogen and oxygen atoms in total. The van der Waals surface area contributed by atoms with Gasteiger partial charge in [-0.2, -0.15) is 13.2 Å². The molecule has 3 N–H and O–H groups in total. The fourth-order valence-corrected chi connectivity index (χ4v) is 3.38. The van der Waals surface area contributed by atoms with Crippen LogP contribution in [-0.2, 0) is 12.5 Å². The third-order valence-electron chi connectivity index (χ3n) is 4.68. The smallest absolute Gasteiger partial charge is 0.438 e. The molecular weight excluding hydrogens is 414 g/mol. The van der Waals surface area contributed by atoms with Crippen molar-refractivity contribution in [2.45, 2.75) is 18.4 Å². The maximum absolute atomic E-state index is 13.3. The number of nitrogens with one attached hydrogen (secondary N) is 1. The minimum atomic E-state index is -4.92. The highest BCUT2D eigenvalue weighted by Gasteiger charge is 2.39. The van der Waals surface area contributed by atoms with E-state index in [4.69, 9.17) is 15.9 Å². The SMILES string of the molecule is N=c1c2c(ncn1C(F)(F)F)Oc1cc(C(F)(F)F)ccc1C2c1cccc(N)c1. The maximum atomic E-state index is 13.3. The number of alkyl halides is 6. The number of rotatable bonds is 1. The number of benzene rings is 2. The zero-order valence-electron chi connectivity index (χ0n) is 14.8. The molecule has 2 aromatic carbocycles. The van der Waals surface area contributed by atoms with E-state index in [1.807, 2.05) is 0 Å². The molecule has 0 radical (unpaired) electrons. The van der Waals surface area contributed by atoms with Crippen molar-refractivity contribution in [2.24, 2.45) is 0 Å². The third-order valence-corrected chi connectivity index (χ3v) is 4.68. The van der Waals surface area contributed by atoms with Crippen molar-refractivity contribution in [2.75, 3.05) is 5.73 Å². The first-order chi connectivity index (χ1) is 14.0. The Morgan fingerprint density at radius 2 is 1.77 bits per heavy atom. The van der Waals surface area contributed by atoms with E-state index in [0.29, 0.717) is 17.6 Å². The first kappa shape index (κ1) is 19.8. The first-order valence-corrected chi connectivity index (χ1v) is 8.44. The van der Waals surface area contributed by atoms with Crippen molar-refractivity contribution >= 4 is 5.69 Å². The van der Waals surface area contributed by atoms with Gasteiger partial charge in [0.25, 0.3) is 0 Å². The van der Waals surface area contributed by atoms with Crippen LogP contribution < -0.4 is 16.0 Å². The molecule has 11 heteroatoms. The van der Waals surface area contributed by atoms with Gasteiger partial charge >= 0.3 is 12.5 Å². The molecule has 1 aliphatic heterocycles. The lowest BCUT2D eigenvalue weighted by molar-refractivity contribution is -0.207. The summed E-state index contributed by atoms with van der Waals surface area (Å²) < 4.78 is 84.4. The van der Waals surface area contributed by atoms with E-state index in [-0.39, 0.29) is 27.3 Å². The monoisotopic (exact) mass is 426 g/mol. The van der Waals surface area contributed by atoms with Gasteiger partial charge in [0.15, 0.2) is 0 Å². The number of hydrogen-bond donors (Lipinski definition) is 2. The zero-order valence-corrected chi connectivity index (χ0v) is 14.8. The number of nitrogens with two attached hydrogens (primary N) is 1. The molecule has 30 heavy (non-hydrogen) atoms. The quantitative estimate of drug-likeness (QED) is 0.341. The molecule has 0 saturated heterocycles. The predicted molar refractivity (Wildman–Crippen MR) is 92.7 cm³/mol. The van der Waals surface area contributed by atoms with Crippen LogP contribution in [0.4, 0.5) is 32.0 Å². The van der Waals surface area contributed by atoms with E-state index in [1.165, 1.54) is 6.07 Å². The Kier molecular flexibility index (Phi) is 4.29. The van der Waals surface area contributed by atoms with Crippen molar-refractivity contribution in [3.8, 4) is 11.6 Å². The molecule has 3 aromatic rings. The Hall–Kier alpha value is -3.50. The molecule has 1 aliphatic rings. The average molecular weight is 426 g/mol. The standard InChI is InChI=1S/C19H12F6N4O/c20-18(21,22)10-4-5-12-13(7-10)30-17-15(14(12)9-2-1-3-11(26)6-9)16(27)29(8-28-17)19(23,24)25/h1-8,14,27H,26H2. The van der Waals surface area contributed by atoms with Gasteiger partial charge in [0, 0.05) is 17.2 Å². The largest absolute Gasteiger partial charge is 0.491 e. The molecule has 0 fully saturated rings. The van der Waals surface area contributed by atoms with E-state index in [9.17, 15) is 26.3 Å². The molecule has 4 rings (SSSR count). The molecule has 1 aromatic heterocycles. The predicted octanol–water partition coefficient (Wildman–Crippen LogP) is 4.73. The van der Waals surface area contributed by atoms with Crippen LogP contribution >= 0.6 is 0 Å².